The van der Waals surface area contributed by atoms with Crippen molar-refractivity contribution in [1.82, 2.24) is 18.9 Å². The van der Waals surface area contributed by atoms with Crippen molar-refractivity contribution in [3.05, 3.63) is 68.0 Å². The van der Waals surface area contributed by atoms with Crippen LogP contribution in [0.15, 0.2) is 34.1 Å². The zero-order valence-electron chi connectivity index (χ0n) is 27.6. The highest BCUT2D eigenvalue weighted by Crippen LogP contribution is 2.23. The summed E-state index contributed by atoms with van der Waals surface area (Å²) in [4.78, 5) is 51.6. The van der Waals surface area contributed by atoms with Crippen LogP contribution < -0.4 is 11.1 Å². The summed E-state index contributed by atoms with van der Waals surface area (Å²) in [5.74, 6) is -4.04. The maximum absolute atomic E-state index is 14.1. The fourth-order valence-corrected chi connectivity index (χ4v) is 5.71. The van der Waals surface area contributed by atoms with Gasteiger partial charge in [-0.1, -0.05) is 40.5 Å². The summed E-state index contributed by atoms with van der Waals surface area (Å²) in [5, 5.41) is 9.40. The van der Waals surface area contributed by atoms with Crippen molar-refractivity contribution in [2.75, 3.05) is 46.4 Å². The average molecular weight is 671 g/mol. The van der Waals surface area contributed by atoms with Gasteiger partial charge in [0, 0.05) is 51.7 Å². The first-order chi connectivity index (χ1) is 22.2. The van der Waals surface area contributed by atoms with E-state index in [1.807, 2.05) is 30.6 Å². The van der Waals surface area contributed by atoms with E-state index in [1.165, 1.54) is 25.6 Å². The number of halogens is 4. The third-order valence-corrected chi connectivity index (χ3v) is 9.03. The molecule has 2 aliphatic rings. The highest BCUT2D eigenvalue weighted by atomic mass is 19.1. The van der Waals surface area contributed by atoms with E-state index in [2.05, 4.69) is 0 Å². The molecule has 14 heteroatoms. The Labute approximate surface area is 271 Å². The van der Waals surface area contributed by atoms with Gasteiger partial charge in [0.05, 0.1) is 7.11 Å². The molecular formula is C33H46F4N4O6. The van der Waals surface area contributed by atoms with Crippen LogP contribution in [0.5, 0.6) is 0 Å². The normalized spacial score (nSPS) is 18.2. The van der Waals surface area contributed by atoms with Gasteiger partial charge in [-0.05, 0) is 47.9 Å². The fourth-order valence-electron chi connectivity index (χ4n) is 5.71. The van der Waals surface area contributed by atoms with E-state index in [4.69, 9.17) is 4.74 Å². The second kappa shape index (κ2) is 17.0. The van der Waals surface area contributed by atoms with Crippen LogP contribution in [-0.4, -0.2) is 94.7 Å². The van der Waals surface area contributed by atoms with Crippen LogP contribution in [-0.2, 0) is 27.2 Å². The minimum Gasteiger partial charge on any atom is -0.480 e. The maximum Gasteiger partial charge on any atom is 0.329 e. The zero-order valence-corrected chi connectivity index (χ0v) is 27.6. The summed E-state index contributed by atoms with van der Waals surface area (Å²) in [6.07, 6.45) is 3.47. The van der Waals surface area contributed by atoms with Crippen LogP contribution in [0.3, 0.4) is 0 Å². The predicted molar refractivity (Wildman–Crippen MR) is 168 cm³/mol. The highest BCUT2D eigenvalue weighted by Gasteiger charge is 2.31. The van der Waals surface area contributed by atoms with Gasteiger partial charge < -0.3 is 9.84 Å². The molecule has 4 rings (SSSR count). The Morgan fingerprint density at radius 1 is 0.809 bits per heavy atom. The van der Waals surface area contributed by atoms with Crippen LogP contribution in [0.1, 0.15) is 63.7 Å². The summed E-state index contributed by atoms with van der Waals surface area (Å²) in [6.45, 7) is 9.91. The molecule has 0 saturated carbocycles. The van der Waals surface area contributed by atoms with Crippen LogP contribution in [0, 0.1) is 23.5 Å². The number of carbonyl (C=O) groups excluding carboxylic acids is 1. The number of hydrogen-bond donors (Lipinski definition) is 1. The second-order valence-electron chi connectivity index (χ2n) is 12.6. The average Bonchev–Trinajstić information content (AvgIpc) is 3.00. The summed E-state index contributed by atoms with van der Waals surface area (Å²) in [6, 6.07) is 0.375. The van der Waals surface area contributed by atoms with Gasteiger partial charge in [-0.15, -0.1) is 0 Å². The number of alkyl halides is 2. The third kappa shape index (κ3) is 9.75. The first kappa shape index (κ1) is 37.9. The number of nitrogens with zero attached hydrogens (tertiary/aromatic N) is 4. The zero-order chi connectivity index (χ0) is 35.0. The van der Waals surface area contributed by atoms with Gasteiger partial charge in [0.1, 0.15) is 24.4 Å². The molecule has 1 N–H and O–H groups in total. The number of aromatic nitrogens is 2. The molecule has 0 bridgehead atoms. The van der Waals surface area contributed by atoms with Gasteiger partial charge in [0.15, 0.2) is 11.6 Å². The monoisotopic (exact) mass is 670 g/mol. The quantitative estimate of drug-likeness (QED) is 0.239. The molecule has 4 atom stereocenters. The molecule has 2 aromatic heterocycles. The minimum atomic E-state index is -1.15. The molecule has 2 saturated heterocycles. The number of aliphatic carboxylic acids is 1. The Hall–Kier alpha value is -3.52. The van der Waals surface area contributed by atoms with Crippen molar-refractivity contribution in [3.8, 4) is 0 Å². The van der Waals surface area contributed by atoms with Crippen molar-refractivity contribution in [2.24, 2.45) is 11.8 Å². The van der Waals surface area contributed by atoms with Crippen molar-refractivity contribution >= 4 is 11.9 Å². The second-order valence-corrected chi connectivity index (χ2v) is 12.6. The lowest BCUT2D eigenvalue weighted by atomic mass is 9.98. The number of esters is 1. The summed E-state index contributed by atoms with van der Waals surface area (Å²) >= 11 is 0. The fraction of sp³-hybridized carbons (Fsp3) is 0.636. The summed E-state index contributed by atoms with van der Waals surface area (Å²) in [5.41, 5.74) is -0.609. The van der Waals surface area contributed by atoms with E-state index in [0.717, 1.165) is 15.2 Å². The Balaban J connectivity index is 0.000000256. The lowest BCUT2D eigenvalue weighted by Gasteiger charge is -2.34. The number of carbonyl (C=O) groups is 2. The Kier molecular flexibility index (Phi) is 13.8. The summed E-state index contributed by atoms with van der Waals surface area (Å²) < 4.78 is 60.5. The molecule has 0 radical (unpaired) electrons. The van der Waals surface area contributed by atoms with E-state index in [1.54, 1.807) is 6.92 Å². The largest absolute Gasteiger partial charge is 0.480 e. The van der Waals surface area contributed by atoms with Gasteiger partial charge >= 0.3 is 11.9 Å². The first-order valence-corrected chi connectivity index (χ1v) is 16.0. The standard InChI is InChI=1S/C17H24F2N2O3.C16H22F2N2O3/c1-4-11(2)15(17(23)24-3)21-8-12(7-14(19)16(21)22)5-6-20-9-13(18)10-20;1-3-10(2)14(16(22)23)20-7-11(6-13(18)15(20)21)4-5-19-8-12(17)9-19/h7-8,11,13,15H,4-6,9-10H2,1-3H3;6-7,10,12,14H,3-5,8-9H2,1-2H3,(H,22,23)/t11-,15?;10-,14?/m11/s1. The lowest BCUT2D eigenvalue weighted by Crippen LogP contribution is -2.49. The molecular weight excluding hydrogens is 624 g/mol. The molecule has 0 amide bonds. The summed E-state index contributed by atoms with van der Waals surface area (Å²) in [7, 11) is 1.25. The van der Waals surface area contributed by atoms with Crippen molar-refractivity contribution in [3.63, 3.8) is 0 Å². The van der Waals surface area contributed by atoms with E-state index in [9.17, 15) is 41.8 Å². The molecule has 2 aromatic rings. The smallest absolute Gasteiger partial charge is 0.329 e. The number of rotatable bonds is 14. The van der Waals surface area contributed by atoms with Crippen LogP contribution in [0.4, 0.5) is 17.6 Å². The number of likely N-dealkylation sites (tertiary alicyclic amines) is 2. The Bertz CT molecular complexity index is 1490. The van der Waals surface area contributed by atoms with Crippen LogP contribution >= 0.6 is 0 Å². The van der Waals surface area contributed by atoms with Crippen LogP contribution in [0.2, 0.25) is 0 Å². The molecule has 2 unspecified atom stereocenters. The van der Waals surface area contributed by atoms with Crippen molar-refractivity contribution < 1.29 is 37.0 Å². The van der Waals surface area contributed by atoms with Gasteiger partial charge in [0.2, 0.25) is 0 Å². The number of carboxylic acid groups (broad SMARTS) is 1. The van der Waals surface area contributed by atoms with E-state index in [-0.39, 0.29) is 11.8 Å². The molecule has 47 heavy (non-hydrogen) atoms. The predicted octanol–water partition coefficient (Wildman–Crippen LogP) is 3.80. The first-order valence-electron chi connectivity index (χ1n) is 16.0. The van der Waals surface area contributed by atoms with Gasteiger partial charge in [0.25, 0.3) is 11.1 Å². The molecule has 4 heterocycles. The number of hydrogen-bond acceptors (Lipinski definition) is 7. The molecule has 10 nitrogen and oxygen atoms in total. The minimum absolute atomic E-state index is 0.174. The lowest BCUT2D eigenvalue weighted by molar-refractivity contribution is -0.146. The SMILES string of the molecule is CC[C@@H](C)C(C(=O)O)n1cc(CCN2CC(F)C2)cc(F)c1=O.CC[C@@H](C)C(C(=O)OC)n1cc(CCN2CC(F)C2)cc(F)c1=O. The molecule has 2 fully saturated rings. The van der Waals surface area contributed by atoms with Gasteiger partial charge in [-0.25, -0.2) is 27.2 Å². The third-order valence-electron chi connectivity index (χ3n) is 9.03. The number of carboxylic acids is 1. The van der Waals surface area contributed by atoms with Crippen LogP contribution in [0.25, 0.3) is 0 Å². The number of methoxy groups -OCH3 is 1. The molecule has 0 aromatic carbocycles. The maximum atomic E-state index is 14.1. The molecule has 0 aliphatic carbocycles. The van der Waals surface area contributed by atoms with Gasteiger partial charge in [-0.2, -0.15) is 0 Å². The van der Waals surface area contributed by atoms with E-state index in [0.29, 0.717) is 76.1 Å². The number of pyridine rings is 2. The topological polar surface area (TPSA) is 114 Å². The highest BCUT2D eigenvalue weighted by molar-refractivity contribution is 5.74. The van der Waals surface area contributed by atoms with Gasteiger partial charge in [-0.3, -0.25) is 28.5 Å². The molecule has 262 valence electrons. The van der Waals surface area contributed by atoms with Crippen molar-refractivity contribution in [1.29, 1.82) is 0 Å². The van der Waals surface area contributed by atoms with Crippen molar-refractivity contribution in [2.45, 2.75) is 77.8 Å². The number of ether oxygens (including phenoxy) is 1. The Morgan fingerprint density at radius 2 is 1.19 bits per heavy atom. The van der Waals surface area contributed by atoms with E-state index < -0.39 is 59.1 Å². The van der Waals surface area contributed by atoms with E-state index >= 15 is 0 Å². The Morgan fingerprint density at radius 3 is 1.53 bits per heavy atom. The molecule has 2 aliphatic heterocycles. The molecule has 0 spiro atoms.